The molecule has 2 rings (SSSR count). The minimum absolute atomic E-state index is 0.172. The van der Waals surface area contributed by atoms with Crippen LogP contribution in [0.4, 0.5) is 13.2 Å². The van der Waals surface area contributed by atoms with E-state index in [1.807, 2.05) is 0 Å². The van der Waals surface area contributed by atoms with Crippen LogP contribution in [0.1, 0.15) is 11.3 Å². The summed E-state index contributed by atoms with van der Waals surface area (Å²) in [6.45, 7) is 0. The fourth-order valence-electron chi connectivity index (χ4n) is 1.80. The number of carboxylic acids is 1. The number of hydrogen-bond donors (Lipinski definition) is 2. The lowest BCUT2D eigenvalue weighted by atomic mass is 10.1. The monoisotopic (exact) mass is 277 g/mol. The summed E-state index contributed by atoms with van der Waals surface area (Å²) >= 11 is 5.68. The number of benzene rings is 1. The lowest BCUT2D eigenvalue weighted by Gasteiger charge is -2.06. The number of rotatable bonds is 2. The van der Waals surface area contributed by atoms with Gasteiger partial charge in [-0.15, -0.1) is 0 Å². The van der Waals surface area contributed by atoms with Gasteiger partial charge in [-0.25, -0.2) is 0 Å². The molecule has 2 N–H and O–H groups in total. The molecule has 2 aromatic rings. The van der Waals surface area contributed by atoms with Crippen LogP contribution in [-0.4, -0.2) is 16.1 Å². The van der Waals surface area contributed by atoms with Gasteiger partial charge in [-0.1, -0.05) is 17.7 Å². The molecule has 18 heavy (non-hydrogen) atoms. The summed E-state index contributed by atoms with van der Waals surface area (Å²) in [5.74, 6) is -1.32. The predicted octanol–water partition coefficient (Wildman–Crippen LogP) is 3.47. The summed E-state index contributed by atoms with van der Waals surface area (Å²) in [6.07, 6.45) is -5.33. The van der Waals surface area contributed by atoms with Crippen LogP contribution < -0.4 is 0 Å². The summed E-state index contributed by atoms with van der Waals surface area (Å²) in [5.41, 5.74) is -1.14. The number of alkyl halides is 3. The number of halogens is 4. The normalized spacial score (nSPS) is 12.0. The van der Waals surface area contributed by atoms with Crippen molar-refractivity contribution in [1.29, 1.82) is 0 Å². The number of nitrogens with one attached hydrogen (secondary N) is 1. The Morgan fingerprint density at radius 1 is 1.39 bits per heavy atom. The molecular weight excluding hydrogens is 271 g/mol. The highest BCUT2D eigenvalue weighted by atomic mass is 35.5. The number of hydrogen-bond acceptors (Lipinski definition) is 1. The van der Waals surface area contributed by atoms with Crippen LogP contribution in [-0.2, 0) is 17.4 Å². The third kappa shape index (κ3) is 2.28. The molecule has 96 valence electrons. The summed E-state index contributed by atoms with van der Waals surface area (Å²) in [7, 11) is 0. The Morgan fingerprint density at radius 3 is 2.61 bits per heavy atom. The van der Waals surface area contributed by atoms with Gasteiger partial charge in [-0.2, -0.15) is 13.2 Å². The van der Waals surface area contributed by atoms with E-state index < -0.39 is 24.3 Å². The first kappa shape index (κ1) is 12.8. The van der Waals surface area contributed by atoms with Gasteiger partial charge in [0.2, 0.25) is 0 Å². The first-order valence-corrected chi connectivity index (χ1v) is 5.26. The summed E-state index contributed by atoms with van der Waals surface area (Å²) in [5, 5.41) is 9.18. The Balaban J connectivity index is 2.72. The van der Waals surface area contributed by atoms with Crippen molar-refractivity contribution in [1.82, 2.24) is 4.98 Å². The summed E-state index contributed by atoms with van der Waals surface area (Å²) in [6, 6.07) is 4.13. The standard InChI is InChI=1S/C11H7ClF3NO2/c12-5-1-2-6-7(4-9(17)18)10(11(13,14)15)16-8(6)3-5/h1-3,16H,4H2,(H,17,18). The van der Waals surface area contributed by atoms with Crippen molar-refractivity contribution < 1.29 is 23.1 Å². The first-order chi connectivity index (χ1) is 8.29. The quantitative estimate of drug-likeness (QED) is 0.883. The molecule has 0 radical (unpaired) electrons. The van der Waals surface area contributed by atoms with E-state index in [0.29, 0.717) is 0 Å². The molecule has 0 fully saturated rings. The minimum atomic E-state index is -4.63. The fourth-order valence-corrected chi connectivity index (χ4v) is 1.98. The van der Waals surface area contributed by atoms with Gasteiger partial charge in [-0.05, 0) is 12.1 Å². The maximum absolute atomic E-state index is 12.8. The zero-order valence-electron chi connectivity index (χ0n) is 8.81. The number of H-pyrrole nitrogens is 1. The van der Waals surface area contributed by atoms with Gasteiger partial charge in [-0.3, -0.25) is 4.79 Å². The van der Waals surface area contributed by atoms with Gasteiger partial charge in [0.05, 0.1) is 6.42 Å². The number of fused-ring (bicyclic) bond motifs is 1. The molecule has 1 aromatic heterocycles. The first-order valence-electron chi connectivity index (χ1n) is 4.88. The molecule has 0 aliphatic rings. The molecule has 0 amide bonds. The van der Waals surface area contributed by atoms with E-state index in [-0.39, 0.29) is 21.5 Å². The van der Waals surface area contributed by atoms with Gasteiger partial charge >= 0.3 is 12.1 Å². The Bertz CT molecular complexity index is 619. The van der Waals surface area contributed by atoms with Crippen LogP contribution in [0.3, 0.4) is 0 Å². The molecule has 1 heterocycles. The fraction of sp³-hybridized carbons (Fsp3) is 0.182. The Morgan fingerprint density at radius 2 is 2.06 bits per heavy atom. The van der Waals surface area contributed by atoms with Crippen molar-refractivity contribution in [3.63, 3.8) is 0 Å². The third-order valence-electron chi connectivity index (χ3n) is 2.48. The maximum Gasteiger partial charge on any atom is 0.431 e. The van der Waals surface area contributed by atoms with E-state index in [1.54, 1.807) is 0 Å². The lowest BCUT2D eigenvalue weighted by Crippen LogP contribution is -2.11. The van der Waals surface area contributed by atoms with Crippen LogP contribution in [0.2, 0.25) is 5.02 Å². The second-order valence-corrected chi connectivity index (χ2v) is 4.17. The number of carbonyl (C=O) groups is 1. The number of carboxylic acid groups (broad SMARTS) is 1. The predicted molar refractivity (Wildman–Crippen MR) is 59.7 cm³/mol. The van der Waals surface area contributed by atoms with Crippen molar-refractivity contribution in [2.45, 2.75) is 12.6 Å². The molecule has 0 aliphatic carbocycles. The van der Waals surface area contributed by atoms with Crippen LogP contribution in [0.5, 0.6) is 0 Å². The van der Waals surface area contributed by atoms with Gasteiger partial charge in [0.1, 0.15) is 5.69 Å². The second kappa shape index (κ2) is 4.20. The minimum Gasteiger partial charge on any atom is -0.481 e. The topological polar surface area (TPSA) is 53.1 Å². The van der Waals surface area contributed by atoms with Crippen molar-refractivity contribution in [3.05, 3.63) is 34.5 Å². The third-order valence-corrected chi connectivity index (χ3v) is 2.71. The molecule has 0 saturated carbocycles. The van der Waals surface area contributed by atoms with Gasteiger partial charge in [0.25, 0.3) is 0 Å². The van der Waals surface area contributed by atoms with Crippen molar-refractivity contribution >= 4 is 28.5 Å². The van der Waals surface area contributed by atoms with Crippen LogP contribution in [0.15, 0.2) is 18.2 Å². The van der Waals surface area contributed by atoms with E-state index in [4.69, 9.17) is 16.7 Å². The molecular formula is C11H7ClF3NO2. The largest absolute Gasteiger partial charge is 0.481 e. The highest BCUT2D eigenvalue weighted by molar-refractivity contribution is 6.31. The lowest BCUT2D eigenvalue weighted by molar-refractivity contribution is -0.142. The van der Waals surface area contributed by atoms with Crippen molar-refractivity contribution in [2.24, 2.45) is 0 Å². The number of aliphatic carboxylic acids is 1. The molecule has 0 atom stereocenters. The molecule has 3 nitrogen and oxygen atoms in total. The Hall–Kier alpha value is -1.69. The Kier molecular flexibility index (Phi) is 2.98. The Labute approximate surface area is 104 Å². The van der Waals surface area contributed by atoms with E-state index >= 15 is 0 Å². The van der Waals surface area contributed by atoms with E-state index in [2.05, 4.69) is 4.98 Å². The second-order valence-electron chi connectivity index (χ2n) is 3.74. The molecule has 7 heteroatoms. The number of aromatic amines is 1. The zero-order chi connectivity index (χ0) is 13.5. The molecule has 0 unspecified atom stereocenters. The molecule has 0 bridgehead atoms. The van der Waals surface area contributed by atoms with Crippen LogP contribution in [0.25, 0.3) is 10.9 Å². The summed E-state index contributed by atoms with van der Waals surface area (Å²) < 4.78 is 38.3. The maximum atomic E-state index is 12.8. The average Bonchev–Trinajstić information content (AvgIpc) is 2.55. The van der Waals surface area contributed by atoms with Crippen molar-refractivity contribution in [3.8, 4) is 0 Å². The van der Waals surface area contributed by atoms with E-state index in [1.165, 1.54) is 18.2 Å². The van der Waals surface area contributed by atoms with Crippen molar-refractivity contribution in [2.75, 3.05) is 0 Å². The summed E-state index contributed by atoms with van der Waals surface area (Å²) in [4.78, 5) is 12.8. The van der Waals surface area contributed by atoms with Gasteiger partial charge in [0, 0.05) is 21.5 Å². The highest BCUT2D eigenvalue weighted by Crippen LogP contribution is 2.36. The van der Waals surface area contributed by atoms with Gasteiger partial charge < -0.3 is 10.1 Å². The molecule has 0 aliphatic heterocycles. The molecule has 0 spiro atoms. The highest BCUT2D eigenvalue weighted by Gasteiger charge is 2.36. The van der Waals surface area contributed by atoms with Crippen LogP contribution >= 0.6 is 11.6 Å². The molecule has 0 saturated heterocycles. The average molecular weight is 278 g/mol. The molecule has 1 aromatic carbocycles. The van der Waals surface area contributed by atoms with Crippen LogP contribution in [0, 0.1) is 0 Å². The smallest absolute Gasteiger partial charge is 0.431 e. The van der Waals surface area contributed by atoms with E-state index in [0.717, 1.165) is 0 Å². The van der Waals surface area contributed by atoms with E-state index in [9.17, 15) is 18.0 Å². The van der Waals surface area contributed by atoms with Gasteiger partial charge in [0.15, 0.2) is 0 Å². The number of aromatic nitrogens is 1. The SMILES string of the molecule is O=C(O)Cc1c(C(F)(F)F)[nH]c2cc(Cl)ccc12. The zero-order valence-corrected chi connectivity index (χ0v) is 9.56.